The van der Waals surface area contributed by atoms with Crippen molar-refractivity contribution >= 4 is 40.4 Å². The molecule has 0 saturated heterocycles. The van der Waals surface area contributed by atoms with E-state index in [1.807, 2.05) is 20.8 Å². The van der Waals surface area contributed by atoms with E-state index in [0.29, 0.717) is 16.3 Å². The second-order valence-corrected chi connectivity index (χ2v) is 6.54. The van der Waals surface area contributed by atoms with E-state index >= 15 is 0 Å². The standard InChI is InChI=1S/C14H20ClN3OS/c1-8(13(19)18-14(2,3)4)17-11-6-5-9(15)7-10(11)12(16)20/h5-8,17H,1-4H3,(H2,16,20)(H,18,19). The maximum absolute atomic E-state index is 12.0. The number of nitrogens with one attached hydrogen (secondary N) is 2. The molecule has 0 spiro atoms. The quantitative estimate of drug-likeness (QED) is 0.748. The Kier molecular flexibility index (Phi) is 5.36. The van der Waals surface area contributed by atoms with E-state index in [1.165, 1.54) is 0 Å². The normalized spacial score (nSPS) is 12.7. The van der Waals surface area contributed by atoms with Crippen LogP contribution in [0.4, 0.5) is 5.69 Å². The number of hydrogen-bond donors (Lipinski definition) is 3. The number of amides is 1. The molecule has 0 aromatic heterocycles. The smallest absolute Gasteiger partial charge is 0.242 e. The monoisotopic (exact) mass is 313 g/mol. The molecule has 0 aliphatic rings. The van der Waals surface area contributed by atoms with Crippen LogP contribution in [0.25, 0.3) is 0 Å². The summed E-state index contributed by atoms with van der Waals surface area (Å²) in [6.45, 7) is 7.57. The summed E-state index contributed by atoms with van der Waals surface area (Å²) in [5, 5.41) is 6.56. The highest BCUT2D eigenvalue weighted by Crippen LogP contribution is 2.21. The molecule has 0 aliphatic carbocycles. The van der Waals surface area contributed by atoms with Crippen molar-refractivity contribution in [3.05, 3.63) is 28.8 Å². The lowest BCUT2D eigenvalue weighted by Crippen LogP contribution is -2.47. The summed E-state index contributed by atoms with van der Waals surface area (Å²) < 4.78 is 0. The number of carbonyl (C=O) groups is 1. The van der Waals surface area contributed by atoms with Gasteiger partial charge in [0.25, 0.3) is 0 Å². The Bertz CT molecular complexity index is 526. The van der Waals surface area contributed by atoms with Crippen LogP contribution in [0, 0.1) is 0 Å². The fourth-order valence-corrected chi connectivity index (χ4v) is 1.96. The lowest BCUT2D eigenvalue weighted by atomic mass is 10.1. The molecular weight excluding hydrogens is 294 g/mol. The average Bonchev–Trinajstić information content (AvgIpc) is 2.28. The van der Waals surface area contributed by atoms with Gasteiger partial charge >= 0.3 is 0 Å². The van der Waals surface area contributed by atoms with E-state index in [1.54, 1.807) is 25.1 Å². The number of carbonyl (C=O) groups excluding carboxylic acids is 1. The van der Waals surface area contributed by atoms with Gasteiger partial charge in [0.2, 0.25) is 5.91 Å². The van der Waals surface area contributed by atoms with Crippen molar-refractivity contribution in [3.8, 4) is 0 Å². The number of rotatable bonds is 4. The molecule has 1 unspecified atom stereocenters. The number of benzene rings is 1. The molecule has 0 radical (unpaired) electrons. The first kappa shape index (κ1) is 16.7. The highest BCUT2D eigenvalue weighted by atomic mass is 35.5. The van der Waals surface area contributed by atoms with Gasteiger partial charge < -0.3 is 16.4 Å². The fraction of sp³-hybridized carbons (Fsp3) is 0.429. The third-order valence-corrected chi connectivity index (χ3v) is 2.97. The maximum Gasteiger partial charge on any atom is 0.242 e. The SMILES string of the molecule is CC(Nc1ccc(Cl)cc1C(N)=S)C(=O)NC(C)(C)C. The minimum absolute atomic E-state index is 0.0960. The van der Waals surface area contributed by atoms with E-state index in [2.05, 4.69) is 10.6 Å². The third-order valence-electron chi connectivity index (χ3n) is 2.51. The van der Waals surface area contributed by atoms with Crippen molar-refractivity contribution in [3.63, 3.8) is 0 Å². The molecule has 0 bridgehead atoms. The van der Waals surface area contributed by atoms with Gasteiger partial charge in [0.1, 0.15) is 11.0 Å². The molecule has 6 heteroatoms. The van der Waals surface area contributed by atoms with Crippen LogP contribution in [-0.4, -0.2) is 22.5 Å². The van der Waals surface area contributed by atoms with E-state index in [9.17, 15) is 4.79 Å². The minimum atomic E-state index is -0.413. The average molecular weight is 314 g/mol. The number of halogens is 1. The Labute approximate surface area is 130 Å². The number of anilines is 1. The fourth-order valence-electron chi connectivity index (χ4n) is 1.62. The van der Waals surface area contributed by atoms with Gasteiger partial charge in [-0.1, -0.05) is 23.8 Å². The molecule has 1 aromatic rings. The Morgan fingerprint density at radius 1 is 1.40 bits per heavy atom. The van der Waals surface area contributed by atoms with E-state index in [0.717, 1.165) is 0 Å². The third kappa shape index (κ3) is 4.98. The van der Waals surface area contributed by atoms with Gasteiger partial charge in [-0.15, -0.1) is 0 Å². The molecule has 4 N–H and O–H groups in total. The molecular formula is C14H20ClN3OS. The van der Waals surface area contributed by atoms with Crippen LogP contribution in [-0.2, 0) is 4.79 Å². The maximum atomic E-state index is 12.0. The molecule has 1 atom stereocenters. The van der Waals surface area contributed by atoms with Gasteiger partial charge in [0, 0.05) is 21.8 Å². The van der Waals surface area contributed by atoms with Gasteiger partial charge in [0.15, 0.2) is 0 Å². The Balaban J connectivity index is 2.88. The van der Waals surface area contributed by atoms with Crippen LogP contribution < -0.4 is 16.4 Å². The van der Waals surface area contributed by atoms with Crippen LogP contribution in [0.5, 0.6) is 0 Å². The van der Waals surface area contributed by atoms with Gasteiger partial charge in [-0.3, -0.25) is 4.79 Å². The molecule has 110 valence electrons. The molecule has 0 heterocycles. The Morgan fingerprint density at radius 2 is 2.00 bits per heavy atom. The molecule has 1 amide bonds. The lowest BCUT2D eigenvalue weighted by Gasteiger charge is -2.24. The molecule has 0 fully saturated rings. The van der Waals surface area contributed by atoms with E-state index in [4.69, 9.17) is 29.6 Å². The second-order valence-electron chi connectivity index (χ2n) is 5.66. The number of thiocarbonyl (C=S) groups is 1. The zero-order valence-electron chi connectivity index (χ0n) is 12.1. The first-order chi connectivity index (χ1) is 9.10. The van der Waals surface area contributed by atoms with E-state index in [-0.39, 0.29) is 16.4 Å². The molecule has 1 rings (SSSR count). The van der Waals surface area contributed by atoms with E-state index < -0.39 is 6.04 Å². The van der Waals surface area contributed by atoms with Gasteiger partial charge in [-0.05, 0) is 45.9 Å². The van der Waals surface area contributed by atoms with Crippen LogP contribution in [0.15, 0.2) is 18.2 Å². The van der Waals surface area contributed by atoms with Crippen molar-refractivity contribution in [1.29, 1.82) is 0 Å². The van der Waals surface area contributed by atoms with Crippen LogP contribution in [0.3, 0.4) is 0 Å². The predicted molar refractivity (Wildman–Crippen MR) is 88.3 cm³/mol. The highest BCUT2D eigenvalue weighted by molar-refractivity contribution is 7.80. The van der Waals surface area contributed by atoms with Gasteiger partial charge in [-0.2, -0.15) is 0 Å². The van der Waals surface area contributed by atoms with Crippen LogP contribution >= 0.6 is 23.8 Å². The zero-order valence-corrected chi connectivity index (χ0v) is 13.7. The van der Waals surface area contributed by atoms with Crippen molar-refractivity contribution in [2.75, 3.05) is 5.32 Å². The molecule has 1 aromatic carbocycles. The first-order valence-corrected chi connectivity index (χ1v) is 7.06. The summed E-state index contributed by atoms with van der Waals surface area (Å²) >= 11 is 10.9. The van der Waals surface area contributed by atoms with Gasteiger partial charge in [0.05, 0.1) is 0 Å². The zero-order chi connectivity index (χ0) is 15.5. The summed E-state index contributed by atoms with van der Waals surface area (Å²) in [7, 11) is 0. The Morgan fingerprint density at radius 3 is 2.50 bits per heavy atom. The molecule has 4 nitrogen and oxygen atoms in total. The number of nitrogens with two attached hydrogens (primary N) is 1. The highest BCUT2D eigenvalue weighted by Gasteiger charge is 2.20. The molecule has 20 heavy (non-hydrogen) atoms. The van der Waals surface area contributed by atoms with Crippen LogP contribution in [0.1, 0.15) is 33.3 Å². The first-order valence-electron chi connectivity index (χ1n) is 6.28. The second kappa shape index (κ2) is 6.41. The number of hydrogen-bond acceptors (Lipinski definition) is 3. The molecule has 0 saturated carbocycles. The van der Waals surface area contributed by atoms with Crippen LogP contribution in [0.2, 0.25) is 5.02 Å². The van der Waals surface area contributed by atoms with Crippen molar-refractivity contribution in [2.45, 2.75) is 39.3 Å². The predicted octanol–water partition coefficient (Wildman–Crippen LogP) is 2.69. The summed E-state index contributed by atoms with van der Waals surface area (Å²) in [5.74, 6) is -0.0960. The van der Waals surface area contributed by atoms with Gasteiger partial charge in [-0.25, -0.2) is 0 Å². The van der Waals surface area contributed by atoms with Crippen molar-refractivity contribution in [2.24, 2.45) is 5.73 Å². The van der Waals surface area contributed by atoms with Crippen molar-refractivity contribution in [1.82, 2.24) is 5.32 Å². The summed E-state index contributed by atoms with van der Waals surface area (Å²) in [4.78, 5) is 12.3. The minimum Gasteiger partial charge on any atom is -0.389 e. The van der Waals surface area contributed by atoms with Crippen molar-refractivity contribution < 1.29 is 4.79 Å². The lowest BCUT2D eigenvalue weighted by molar-refractivity contribution is -0.122. The molecule has 0 aliphatic heterocycles. The largest absolute Gasteiger partial charge is 0.389 e. The summed E-state index contributed by atoms with van der Waals surface area (Å²) in [5.41, 5.74) is 6.71. The summed E-state index contributed by atoms with van der Waals surface area (Å²) in [6.07, 6.45) is 0. The topological polar surface area (TPSA) is 67.1 Å². The Hall–Kier alpha value is -1.33. The summed E-state index contributed by atoms with van der Waals surface area (Å²) in [6, 6.07) is 4.75.